The number of hydrogen-bond donors (Lipinski definition) is 6. The van der Waals surface area contributed by atoms with Crippen LogP contribution in [0.2, 0.25) is 5.02 Å². The van der Waals surface area contributed by atoms with Gasteiger partial charge in [0, 0.05) is 16.1 Å². The highest BCUT2D eigenvalue weighted by atomic mass is 35.5. The number of allylic oxidation sites excluding steroid dienone is 1. The summed E-state index contributed by atoms with van der Waals surface area (Å²) >= 11 is 6.23. The van der Waals surface area contributed by atoms with Crippen molar-refractivity contribution in [1.29, 1.82) is 0 Å². The third-order valence-electron chi connectivity index (χ3n) is 5.26. The minimum Gasteiger partial charge on any atom is -0.394 e. The van der Waals surface area contributed by atoms with Crippen molar-refractivity contribution in [3.63, 3.8) is 0 Å². The summed E-state index contributed by atoms with van der Waals surface area (Å²) in [5, 5.41) is 61.5. The molecule has 8 heteroatoms. The second-order valence-electron chi connectivity index (χ2n) is 7.28. The van der Waals surface area contributed by atoms with Crippen LogP contribution < -0.4 is 0 Å². The van der Waals surface area contributed by atoms with Gasteiger partial charge in [0.05, 0.1) is 6.61 Å². The van der Waals surface area contributed by atoms with E-state index >= 15 is 0 Å². The quantitative estimate of drug-likeness (QED) is 0.386. The Labute approximate surface area is 179 Å². The molecule has 6 N–H and O–H groups in total. The summed E-state index contributed by atoms with van der Waals surface area (Å²) in [4.78, 5) is 0. The number of aliphatic hydroxyl groups excluding tert-OH is 4. The minimum absolute atomic E-state index is 0.0441. The lowest BCUT2D eigenvalue weighted by Crippen LogP contribution is -2.55. The molecule has 0 spiro atoms. The van der Waals surface area contributed by atoms with E-state index in [-0.39, 0.29) is 16.1 Å². The molecular weight excluding hydrogens is 412 g/mol. The lowest BCUT2D eigenvalue weighted by atomic mass is 9.88. The van der Waals surface area contributed by atoms with E-state index in [0.29, 0.717) is 5.56 Å². The molecule has 3 rings (SSSR count). The smallest absolute Gasteiger partial charge is 0.218 e. The van der Waals surface area contributed by atoms with Crippen LogP contribution in [0.25, 0.3) is 6.08 Å². The first kappa shape index (κ1) is 22.9. The van der Waals surface area contributed by atoms with Crippen molar-refractivity contribution in [2.75, 3.05) is 6.61 Å². The second kappa shape index (κ2) is 9.13. The van der Waals surface area contributed by atoms with Crippen LogP contribution in [0.5, 0.6) is 0 Å². The average Bonchev–Trinajstić information content (AvgIpc) is 2.73. The van der Waals surface area contributed by atoms with Crippen molar-refractivity contribution in [3.8, 4) is 0 Å². The molecule has 2 aromatic rings. The topological polar surface area (TPSA) is 131 Å². The monoisotopic (exact) mass is 436 g/mol. The van der Waals surface area contributed by atoms with Gasteiger partial charge in [-0.25, -0.2) is 0 Å². The summed E-state index contributed by atoms with van der Waals surface area (Å²) in [6.07, 6.45) is -3.01. The molecule has 1 aliphatic rings. The fraction of sp³-hybridized carbons (Fsp3) is 0.364. The summed E-state index contributed by atoms with van der Waals surface area (Å²) in [5.41, 5.74) is 1.32. The van der Waals surface area contributed by atoms with Gasteiger partial charge in [-0.3, -0.25) is 0 Å². The van der Waals surface area contributed by atoms with Crippen molar-refractivity contribution < 1.29 is 35.4 Å². The van der Waals surface area contributed by atoms with Crippen LogP contribution in [0.3, 0.4) is 0 Å². The predicted molar refractivity (Wildman–Crippen MR) is 111 cm³/mol. The Bertz CT molecular complexity index is 895. The fourth-order valence-electron chi connectivity index (χ4n) is 3.54. The van der Waals surface area contributed by atoms with Crippen molar-refractivity contribution in [2.24, 2.45) is 0 Å². The molecule has 0 aliphatic carbocycles. The van der Waals surface area contributed by atoms with Gasteiger partial charge in [0.1, 0.15) is 30.5 Å². The van der Waals surface area contributed by atoms with Crippen molar-refractivity contribution >= 4 is 17.7 Å². The number of rotatable bonds is 5. The molecule has 1 aliphatic heterocycles. The van der Waals surface area contributed by atoms with Crippen LogP contribution in [0, 0.1) is 0 Å². The van der Waals surface area contributed by atoms with E-state index in [4.69, 9.17) is 16.3 Å². The summed E-state index contributed by atoms with van der Waals surface area (Å²) in [6.45, 7) is 1.31. The van der Waals surface area contributed by atoms with Gasteiger partial charge in [-0.05, 0) is 30.2 Å². The molecule has 0 saturated carbocycles. The second-order valence-corrected chi connectivity index (χ2v) is 7.69. The maximum atomic E-state index is 10.9. The Hall–Kier alpha value is -1.81. The van der Waals surface area contributed by atoms with Crippen molar-refractivity contribution in [3.05, 3.63) is 75.8 Å². The number of ether oxygens (including phenoxy) is 1. The number of aliphatic hydroxyl groups is 6. The number of halogens is 1. The van der Waals surface area contributed by atoms with E-state index in [1.54, 1.807) is 24.3 Å². The summed E-state index contributed by atoms with van der Waals surface area (Å²) in [5.74, 6) is -2.43. The maximum Gasteiger partial charge on any atom is 0.218 e. The van der Waals surface area contributed by atoms with Crippen molar-refractivity contribution in [2.45, 2.75) is 43.2 Å². The zero-order valence-electron chi connectivity index (χ0n) is 16.3. The van der Waals surface area contributed by atoms with Crippen molar-refractivity contribution in [1.82, 2.24) is 0 Å². The highest BCUT2D eigenvalue weighted by Gasteiger charge is 2.44. The molecule has 1 heterocycles. The molecule has 2 aromatic carbocycles. The van der Waals surface area contributed by atoms with E-state index in [9.17, 15) is 30.6 Å². The highest BCUT2D eigenvalue weighted by Crippen LogP contribution is 2.38. The van der Waals surface area contributed by atoms with Gasteiger partial charge in [-0.15, -0.1) is 0 Å². The highest BCUT2D eigenvalue weighted by molar-refractivity contribution is 6.31. The number of benzene rings is 2. The average molecular weight is 437 g/mol. The van der Waals surface area contributed by atoms with E-state index in [0.717, 1.165) is 5.56 Å². The first-order valence-electron chi connectivity index (χ1n) is 9.49. The minimum atomic E-state index is -2.43. The predicted octanol–water partition coefficient (Wildman–Crippen LogP) is 1.07. The SMILES string of the molecule is CC=Cc1ccc(C(O)(O)c2cc(C3OC(CO)C(O)C(O)C3O)ccc2Cl)cc1. The standard InChI is InChI=1S/C22H25ClO7/c1-2-3-12-4-7-14(8-5-12)22(28,29)15-10-13(6-9-16(15)23)21-20(27)19(26)18(25)17(11-24)30-21/h2-10,17-21,24-29H,11H2,1H3. The van der Waals surface area contributed by atoms with Gasteiger partial charge in [0.15, 0.2) is 0 Å². The van der Waals surface area contributed by atoms with E-state index < -0.39 is 42.9 Å². The molecule has 0 aromatic heterocycles. The Kier molecular flexibility index (Phi) is 6.96. The molecular formula is C22H25ClO7. The fourth-order valence-corrected chi connectivity index (χ4v) is 3.79. The molecule has 1 saturated heterocycles. The first-order chi connectivity index (χ1) is 14.2. The zero-order valence-corrected chi connectivity index (χ0v) is 17.0. The molecule has 7 nitrogen and oxygen atoms in total. The third kappa shape index (κ3) is 4.30. The Morgan fingerprint density at radius 1 is 1.00 bits per heavy atom. The molecule has 1 fully saturated rings. The molecule has 0 amide bonds. The molecule has 162 valence electrons. The maximum absolute atomic E-state index is 10.9. The van der Waals surface area contributed by atoms with Crippen LogP contribution in [0.15, 0.2) is 48.5 Å². The van der Waals surface area contributed by atoms with Gasteiger partial charge in [0.2, 0.25) is 5.79 Å². The van der Waals surface area contributed by atoms with E-state index in [1.165, 1.54) is 18.2 Å². The van der Waals surface area contributed by atoms with E-state index in [1.807, 2.05) is 19.1 Å². The van der Waals surface area contributed by atoms with Gasteiger partial charge in [-0.2, -0.15) is 0 Å². The normalized spacial score (nSPS) is 27.5. The van der Waals surface area contributed by atoms with Gasteiger partial charge in [-0.1, -0.05) is 54.1 Å². The lowest BCUT2D eigenvalue weighted by Gasteiger charge is -2.40. The summed E-state index contributed by atoms with van der Waals surface area (Å²) in [7, 11) is 0. The van der Waals surface area contributed by atoms with Crippen LogP contribution in [0.1, 0.15) is 35.3 Å². The lowest BCUT2D eigenvalue weighted by molar-refractivity contribution is -0.231. The molecule has 30 heavy (non-hydrogen) atoms. The summed E-state index contributed by atoms with van der Waals surface area (Å²) in [6, 6.07) is 10.9. The third-order valence-corrected chi connectivity index (χ3v) is 5.59. The Balaban J connectivity index is 1.98. The van der Waals surface area contributed by atoms with Crippen LogP contribution in [0.4, 0.5) is 0 Å². The zero-order chi connectivity index (χ0) is 22.1. The van der Waals surface area contributed by atoms with Gasteiger partial charge < -0.3 is 35.4 Å². The molecule has 5 unspecified atom stereocenters. The molecule has 5 atom stereocenters. The molecule has 0 radical (unpaired) electrons. The summed E-state index contributed by atoms with van der Waals surface area (Å²) < 4.78 is 5.55. The number of hydrogen-bond acceptors (Lipinski definition) is 7. The molecule has 0 bridgehead atoms. The van der Waals surface area contributed by atoms with Gasteiger partial charge in [0.25, 0.3) is 0 Å². The van der Waals surface area contributed by atoms with Gasteiger partial charge >= 0.3 is 0 Å². The Morgan fingerprint density at radius 2 is 1.67 bits per heavy atom. The van der Waals surface area contributed by atoms with Crippen LogP contribution >= 0.6 is 11.6 Å². The van der Waals surface area contributed by atoms with E-state index in [2.05, 4.69) is 0 Å². The largest absolute Gasteiger partial charge is 0.394 e. The first-order valence-corrected chi connectivity index (χ1v) is 9.87. The van der Waals surface area contributed by atoms with Crippen LogP contribution in [-0.4, -0.2) is 61.7 Å². The Morgan fingerprint density at radius 3 is 2.27 bits per heavy atom. The van der Waals surface area contributed by atoms with Crippen LogP contribution in [-0.2, 0) is 10.5 Å².